The largest absolute Gasteiger partial charge is 0.339 e. The molecular formula is C68H87F5N6O6. The molecule has 0 fully saturated rings. The van der Waals surface area contributed by atoms with Crippen LogP contribution in [0.3, 0.4) is 0 Å². The minimum absolute atomic E-state index is 0.133. The minimum atomic E-state index is -1.42. The lowest BCUT2D eigenvalue weighted by Crippen LogP contribution is -2.33. The Morgan fingerprint density at radius 2 is 0.565 bits per heavy atom. The zero-order valence-electron chi connectivity index (χ0n) is 50.2. The fourth-order valence-corrected chi connectivity index (χ4v) is 10.1. The molecule has 5 rings (SSSR count). The molecule has 0 aromatic heterocycles. The Kier molecular flexibility index (Phi) is 29.8. The van der Waals surface area contributed by atoms with Gasteiger partial charge in [0, 0.05) is 37.3 Å². The highest BCUT2D eigenvalue weighted by Crippen LogP contribution is 2.31. The highest BCUT2D eigenvalue weighted by atomic mass is 19.1. The van der Waals surface area contributed by atoms with Crippen LogP contribution in [0.2, 0.25) is 0 Å². The highest BCUT2D eigenvalue weighted by molar-refractivity contribution is 6.12. The van der Waals surface area contributed by atoms with Crippen molar-refractivity contribution in [3.63, 3.8) is 0 Å². The maximum Gasteiger partial charge on any atom is 0.258 e. The van der Waals surface area contributed by atoms with Crippen LogP contribution in [-0.4, -0.2) is 71.4 Å². The van der Waals surface area contributed by atoms with Gasteiger partial charge in [0.15, 0.2) is 11.6 Å². The van der Waals surface area contributed by atoms with E-state index in [2.05, 4.69) is 49.0 Å². The number of benzene rings is 5. The van der Waals surface area contributed by atoms with Gasteiger partial charge in [-0.3, -0.25) is 28.8 Å². The fraction of sp³-hybridized carbons (Fsp3) is 0.471. The van der Waals surface area contributed by atoms with Crippen LogP contribution < -0.4 is 21.3 Å². The van der Waals surface area contributed by atoms with Crippen LogP contribution in [0.4, 0.5) is 44.7 Å². The average Bonchev–Trinajstić information content (AvgIpc) is 3.29. The topological polar surface area (TPSA) is 157 Å². The molecule has 0 aliphatic carbocycles. The molecule has 0 atom stereocenters. The number of nitrogens with one attached hydrogen (secondary N) is 4. The SMILES string of the molecule is CCCCCCCCN(CCCCCCCC)C(=O)c1cc(NC(=O)c2ccccc2F)c(F)c(NC(=O)c2cccc(C(=O)Nc3cc(C(=O)N(CCCCCCCC)CCCCCCCC)cc(NC(=O)c4ccccc4F)c3F)c2F)c1. The quantitative estimate of drug-likeness (QED) is 0.0228. The van der Waals surface area contributed by atoms with Gasteiger partial charge in [-0.15, -0.1) is 0 Å². The lowest BCUT2D eigenvalue weighted by atomic mass is 10.1. The summed E-state index contributed by atoms with van der Waals surface area (Å²) in [4.78, 5) is 87.7. The first-order valence-electron chi connectivity index (χ1n) is 30.9. The van der Waals surface area contributed by atoms with Crippen molar-refractivity contribution in [3.05, 3.63) is 153 Å². The third kappa shape index (κ3) is 21.5. The maximum atomic E-state index is 16.8. The fourth-order valence-electron chi connectivity index (χ4n) is 10.1. The summed E-state index contributed by atoms with van der Waals surface area (Å²) in [5.74, 6) is -11.4. The number of unbranched alkanes of at least 4 members (excludes halogenated alkanes) is 20. The molecule has 12 nitrogen and oxygen atoms in total. The van der Waals surface area contributed by atoms with Gasteiger partial charge in [0.05, 0.1) is 45.0 Å². The lowest BCUT2D eigenvalue weighted by Gasteiger charge is -2.24. The molecule has 460 valence electrons. The smallest absolute Gasteiger partial charge is 0.258 e. The van der Waals surface area contributed by atoms with Crippen molar-refractivity contribution in [2.75, 3.05) is 47.4 Å². The summed E-state index contributed by atoms with van der Waals surface area (Å²) in [6.07, 6.45) is 23.0. The van der Waals surface area contributed by atoms with Crippen LogP contribution in [0.1, 0.15) is 244 Å². The van der Waals surface area contributed by atoms with E-state index in [4.69, 9.17) is 0 Å². The predicted molar refractivity (Wildman–Crippen MR) is 329 cm³/mol. The Balaban J connectivity index is 1.49. The van der Waals surface area contributed by atoms with Crippen LogP contribution in [-0.2, 0) is 0 Å². The first-order valence-corrected chi connectivity index (χ1v) is 30.9. The Bertz CT molecular complexity index is 2770. The summed E-state index contributed by atoms with van der Waals surface area (Å²) in [6, 6.07) is 17.6. The van der Waals surface area contributed by atoms with E-state index in [0.717, 1.165) is 183 Å². The summed E-state index contributed by atoms with van der Waals surface area (Å²) in [6.45, 7) is 9.99. The molecule has 85 heavy (non-hydrogen) atoms. The van der Waals surface area contributed by atoms with E-state index in [1.54, 1.807) is 9.80 Å². The van der Waals surface area contributed by atoms with Gasteiger partial charge < -0.3 is 31.1 Å². The zero-order valence-corrected chi connectivity index (χ0v) is 50.2. The molecule has 0 aliphatic rings. The normalized spacial score (nSPS) is 11.1. The van der Waals surface area contributed by atoms with Gasteiger partial charge in [-0.05, 0) is 86.3 Å². The predicted octanol–water partition coefficient (Wildman–Crippen LogP) is 17.7. The second-order valence-electron chi connectivity index (χ2n) is 21.9. The number of halogens is 5. The number of rotatable bonds is 38. The minimum Gasteiger partial charge on any atom is -0.339 e. The summed E-state index contributed by atoms with van der Waals surface area (Å²) in [5.41, 5.74) is -5.14. The Morgan fingerprint density at radius 1 is 0.318 bits per heavy atom. The van der Waals surface area contributed by atoms with E-state index in [1.165, 1.54) is 36.4 Å². The highest BCUT2D eigenvalue weighted by Gasteiger charge is 2.28. The van der Waals surface area contributed by atoms with Crippen molar-refractivity contribution in [2.24, 2.45) is 0 Å². The van der Waals surface area contributed by atoms with Crippen molar-refractivity contribution < 1.29 is 50.7 Å². The summed E-state index contributed by atoms with van der Waals surface area (Å²) in [5, 5.41) is 9.31. The Labute approximate surface area is 499 Å². The third-order valence-electron chi connectivity index (χ3n) is 15.1. The van der Waals surface area contributed by atoms with Gasteiger partial charge in [0.1, 0.15) is 17.5 Å². The molecule has 0 aliphatic heterocycles. The summed E-state index contributed by atoms with van der Waals surface area (Å²) >= 11 is 0. The maximum absolute atomic E-state index is 16.8. The molecule has 4 N–H and O–H groups in total. The number of carbonyl (C=O) groups is 6. The molecule has 0 saturated heterocycles. The van der Waals surface area contributed by atoms with Crippen LogP contribution in [0.25, 0.3) is 0 Å². The van der Waals surface area contributed by atoms with Crippen LogP contribution in [0, 0.1) is 29.1 Å². The lowest BCUT2D eigenvalue weighted by molar-refractivity contribution is 0.0741. The van der Waals surface area contributed by atoms with E-state index < -0.39 is 110 Å². The van der Waals surface area contributed by atoms with E-state index >= 15 is 13.2 Å². The average molecular weight is 1180 g/mol. The van der Waals surface area contributed by atoms with E-state index in [9.17, 15) is 37.5 Å². The second-order valence-corrected chi connectivity index (χ2v) is 21.9. The van der Waals surface area contributed by atoms with Crippen molar-refractivity contribution in [3.8, 4) is 0 Å². The molecule has 0 unspecified atom stereocenters. The van der Waals surface area contributed by atoms with E-state index in [0.29, 0.717) is 51.9 Å². The first-order chi connectivity index (χ1) is 41.1. The Hall–Kier alpha value is -7.43. The zero-order chi connectivity index (χ0) is 61.5. The van der Waals surface area contributed by atoms with Gasteiger partial charge >= 0.3 is 0 Å². The number of amides is 6. The van der Waals surface area contributed by atoms with E-state index in [1.807, 2.05) is 0 Å². The standard InChI is InChI=1S/C68H87F5N6O6/c1-5-9-13-17-21-29-40-78(41-30-22-18-14-10-6-2)67(84)48-44-56(74-63(80)50-34-25-27-38-54(50)69)61(72)58(46-48)76-65(82)52-36-33-37-53(60(52)71)66(83)77-59-47-49(45-57(62(59)73)75-64(81)51-35-26-28-39-55(51)70)68(85)79(42-31-23-19-15-11-7-3)43-32-24-20-16-12-8-4/h25-28,33-39,44-47H,5-24,29-32,40-43H2,1-4H3,(H,74,80)(H,75,81)(H,76,82)(H,77,83). The van der Waals surface area contributed by atoms with E-state index in [-0.39, 0.29) is 11.1 Å². The number of anilines is 4. The molecule has 0 saturated carbocycles. The van der Waals surface area contributed by atoms with Crippen LogP contribution in [0.5, 0.6) is 0 Å². The molecule has 5 aromatic carbocycles. The van der Waals surface area contributed by atoms with Crippen molar-refractivity contribution in [2.45, 2.75) is 182 Å². The number of hydrogen-bond acceptors (Lipinski definition) is 6. The summed E-state index contributed by atoms with van der Waals surface area (Å²) < 4.78 is 80.0. The molecule has 0 bridgehead atoms. The van der Waals surface area contributed by atoms with Gasteiger partial charge in [0.25, 0.3) is 35.4 Å². The molecule has 0 spiro atoms. The number of hydrogen-bond donors (Lipinski definition) is 4. The molecular weight excluding hydrogens is 1090 g/mol. The van der Waals surface area contributed by atoms with Crippen LogP contribution >= 0.6 is 0 Å². The molecule has 17 heteroatoms. The van der Waals surface area contributed by atoms with Crippen molar-refractivity contribution >= 4 is 58.2 Å². The molecule has 0 radical (unpaired) electrons. The molecule has 5 aromatic rings. The number of nitrogens with zero attached hydrogens (tertiary/aromatic N) is 2. The Morgan fingerprint density at radius 3 is 0.847 bits per heavy atom. The van der Waals surface area contributed by atoms with Gasteiger partial charge in [0.2, 0.25) is 0 Å². The monoisotopic (exact) mass is 1180 g/mol. The summed E-state index contributed by atoms with van der Waals surface area (Å²) in [7, 11) is 0. The van der Waals surface area contributed by atoms with Gasteiger partial charge in [-0.25, -0.2) is 22.0 Å². The molecule has 6 amide bonds. The second kappa shape index (κ2) is 37.1. The molecule has 0 heterocycles. The van der Waals surface area contributed by atoms with Gasteiger partial charge in [-0.2, -0.15) is 0 Å². The van der Waals surface area contributed by atoms with Crippen LogP contribution in [0.15, 0.2) is 91.0 Å². The number of carbonyl (C=O) groups excluding carboxylic acids is 6. The first kappa shape index (κ1) is 68.4. The van der Waals surface area contributed by atoms with Crippen molar-refractivity contribution in [1.82, 2.24) is 9.80 Å². The van der Waals surface area contributed by atoms with Gasteiger partial charge in [-0.1, -0.05) is 186 Å². The van der Waals surface area contributed by atoms with Crippen molar-refractivity contribution in [1.29, 1.82) is 0 Å². The third-order valence-corrected chi connectivity index (χ3v) is 15.1.